The molecule has 112 valence electrons. The Morgan fingerprint density at radius 2 is 0.722 bits per heavy atom. The lowest BCUT2D eigenvalue weighted by Gasteiger charge is -2.09. The predicted molar refractivity (Wildman–Crippen MR) is 54.0 cm³/mol. The van der Waals surface area contributed by atoms with Crippen LogP contribution in [-0.4, -0.2) is 61.3 Å². The molecule has 0 aliphatic rings. The third kappa shape index (κ3) is 10.7. The normalized spacial score (nSPS) is 13.9. The fraction of sp³-hybridized carbons (Fsp3) is 1.00. The molecule has 18 heavy (non-hydrogen) atoms. The van der Waals surface area contributed by atoms with Gasteiger partial charge in [0.2, 0.25) is 0 Å². The minimum atomic E-state index is -5.82. The van der Waals surface area contributed by atoms with Crippen molar-refractivity contribution in [3.05, 3.63) is 0 Å². The second-order valence-corrected chi connectivity index (χ2v) is 8.24. The molecule has 0 fully saturated rings. The van der Waals surface area contributed by atoms with Gasteiger partial charge in [0.1, 0.15) is 0 Å². The first-order valence-corrected chi connectivity index (χ1v) is 9.06. The molecule has 4 N–H and O–H groups in total. The molecule has 0 aliphatic carbocycles. The molecule has 0 aromatic rings. The van der Waals surface area contributed by atoms with Gasteiger partial charge in [-0.15, -0.1) is 0 Å². The van der Waals surface area contributed by atoms with E-state index in [0.717, 1.165) is 0 Å². The molecule has 17 heteroatoms. The SMILES string of the molecule is CS(=O)(=O)O.O=S(=O)(O)N(S(=O)(=O)O)S(=O)(=O)O. The zero-order valence-corrected chi connectivity index (χ0v) is 11.4. The third-order valence-electron chi connectivity index (χ3n) is 0.565. The Labute approximate surface area is 102 Å². The van der Waals surface area contributed by atoms with Crippen molar-refractivity contribution < 1.29 is 51.9 Å². The smallest absolute Gasteiger partial charge is 0.286 e. The molecule has 0 amide bonds. The van der Waals surface area contributed by atoms with E-state index in [2.05, 4.69) is 0 Å². The number of hydrogen-bond donors (Lipinski definition) is 4. The van der Waals surface area contributed by atoms with Gasteiger partial charge in [-0.3, -0.25) is 18.2 Å². The maximum absolute atomic E-state index is 10.0. The number of nitrogens with zero attached hydrogens (tertiary/aromatic N) is 1. The molecule has 0 spiro atoms. The lowest BCUT2D eigenvalue weighted by Crippen LogP contribution is -2.40. The molecule has 0 saturated carbocycles. The fourth-order valence-electron chi connectivity index (χ4n) is 0.357. The highest BCUT2D eigenvalue weighted by Crippen LogP contribution is 2.09. The summed E-state index contributed by atoms with van der Waals surface area (Å²) in [6.07, 6.45) is 0.715. The van der Waals surface area contributed by atoms with Gasteiger partial charge >= 0.3 is 30.9 Å². The van der Waals surface area contributed by atoms with E-state index in [9.17, 15) is 33.7 Å². The van der Waals surface area contributed by atoms with Gasteiger partial charge in [0, 0.05) is 0 Å². The average molecular weight is 353 g/mol. The lowest BCUT2D eigenvalue weighted by atomic mass is 12.0. The van der Waals surface area contributed by atoms with Crippen LogP contribution < -0.4 is 0 Å². The summed E-state index contributed by atoms with van der Waals surface area (Å²) in [4.78, 5) is 0. The van der Waals surface area contributed by atoms with Gasteiger partial charge < -0.3 is 0 Å². The molecule has 13 nitrogen and oxygen atoms in total. The highest BCUT2D eigenvalue weighted by Gasteiger charge is 2.42. The van der Waals surface area contributed by atoms with Crippen LogP contribution in [0.3, 0.4) is 0 Å². The van der Waals surface area contributed by atoms with Crippen LogP contribution in [0.5, 0.6) is 0 Å². The van der Waals surface area contributed by atoms with Crippen molar-refractivity contribution in [3.63, 3.8) is 0 Å². The molecular weight excluding hydrogens is 346 g/mol. The largest absolute Gasteiger partial charge is 0.366 e. The Hall–Kier alpha value is -0.400. The molecule has 0 aliphatic heterocycles. The molecule has 0 heterocycles. The molecule has 0 saturated heterocycles. The Kier molecular flexibility index (Phi) is 6.32. The van der Waals surface area contributed by atoms with Gasteiger partial charge in [0.15, 0.2) is 0 Å². The van der Waals surface area contributed by atoms with E-state index >= 15 is 0 Å². The molecular formula is CH7NO12S4. The van der Waals surface area contributed by atoms with Crippen LogP contribution in [0.25, 0.3) is 0 Å². The maximum atomic E-state index is 10.0. The summed E-state index contributed by atoms with van der Waals surface area (Å²) in [6.45, 7) is 0. The number of hydrogen-bond acceptors (Lipinski definition) is 8. The van der Waals surface area contributed by atoms with Crippen LogP contribution in [-0.2, 0) is 41.0 Å². The zero-order chi connectivity index (χ0) is 15.6. The Morgan fingerprint density at radius 3 is 0.722 bits per heavy atom. The van der Waals surface area contributed by atoms with E-state index in [1.165, 1.54) is 0 Å². The Morgan fingerprint density at radius 1 is 0.611 bits per heavy atom. The van der Waals surface area contributed by atoms with E-state index in [1.807, 2.05) is 0 Å². The van der Waals surface area contributed by atoms with Crippen molar-refractivity contribution in [3.8, 4) is 0 Å². The van der Waals surface area contributed by atoms with Gasteiger partial charge in [0.05, 0.1) is 9.37 Å². The van der Waals surface area contributed by atoms with Crippen molar-refractivity contribution in [2.24, 2.45) is 0 Å². The van der Waals surface area contributed by atoms with E-state index in [0.29, 0.717) is 6.26 Å². The van der Waals surface area contributed by atoms with Crippen molar-refractivity contribution in [1.82, 2.24) is 3.12 Å². The third-order valence-corrected chi connectivity index (χ3v) is 5.09. The standard InChI is InChI=1S/CH4O3S.H3NO9S3/c1-5(2,3)4;2-11(3,4)1(12(5,6)7)13(8,9)10/h1H3,(H,2,3,4);(H,2,3,4)(H,5,6,7)(H,8,9,10). The van der Waals surface area contributed by atoms with E-state index < -0.39 is 44.1 Å². The topological polar surface area (TPSA) is 221 Å². The van der Waals surface area contributed by atoms with Crippen molar-refractivity contribution in [2.75, 3.05) is 6.26 Å². The van der Waals surface area contributed by atoms with Crippen molar-refractivity contribution in [2.45, 2.75) is 0 Å². The van der Waals surface area contributed by atoms with E-state index in [4.69, 9.17) is 18.2 Å². The summed E-state index contributed by atoms with van der Waals surface area (Å²) < 4.78 is 108. The summed E-state index contributed by atoms with van der Waals surface area (Å²) in [7, 11) is -21.1. The summed E-state index contributed by atoms with van der Waals surface area (Å²) in [5, 5.41) is 0. The molecule has 0 bridgehead atoms. The average Bonchev–Trinajstić information content (AvgIpc) is 1.65. The summed E-state index contributed by atoms with van der Waals surface area (Å²) in [5.74, 6) is 0. The second-order valence-electron chi connectivity index (χ2n) is 2.30. The van der Waals surface area contributed by atoms with E-state index in [-0.39, 0.29) is 0 Å². The highest BCUT2D eigenvalue weighted by molar-refractivity contribution is 8.12. The van der Waals surface area contributed by atoms with Crippen LogP contribution in [0.4, 0.5) is 0 Å². The monoisotopic (exact) mass is 353 g/mol. The van der Waals surface area contributed by atoms with Gasteiger partial charge in [-0.2, -0.15) is 33.7 Å². The first-order valence-electron chi connectivity index (χ1n) is 3.02. The van der Waals surface area contributed by atoms with Crippen LogP contribution in [0.2, 0.25) is 0 Å². The van der Waals surface area contributed by atoms with Crippen molar-refractivity contribution >= 4 is 41.0 Å². The van der Waals surface area contributed by atoms with Gasteiger partial charge in [-0.25, -0.2) is 0 Å². The highest BCUT2D eigenvalue weighted by atomic mass is 32.4. The summed E-state index contributed by atoms with van der Waals surface area (Å²) in [6, 6.07) is 0. The molecule has 0 unspecified atom stereocenters. The van der Waals surface area contributed by atoms with Gasteiger partial charge in [-0.05, 0) is 0 Å². The number of rotatable bonds is 3. The first kappa shape index (κ1) is 19.9. The Balaban J connectivity index is 0. The zero-order valence-electron chi connectivity index (χ0n) is 8.14. The van der Waals surface area contributed by atoms with Crippen LogP contribution in [0, 0.1) is 0 Å². The minimum Gasteiger partial charge on any atom is -0.286 e. The molecule has 0 rings (SSSR count). The maximum Gasteiger partial charge on any atom is 0.366 e. The van der Waals surface area contributed by atoms with Crippen molar-refractivity contribution in [1.29, 1.82) is 0 Å². The Bertz CT molecular complexity index is 589. The minimum absolute atomic E-state index is 0.715. The quantitative estimate of drug-likeness (QED) is 0.378. The summed E-state index contributed by atoms with van der Waals surface area (Å²) >= 11 is 0. The molecule has 0 aromatic carbocycles. The van der Waals surface area contributed by atoms with E-state index in [1.54, 1.807) is 0 Å². The van der Waals surface area contributed by atoms with Gasteiger partial charge in [-0.1, -0.05) is 0 Å². The predicted octanol–water partition coefficient (Wildman–Crippen LogP) is -2.80. The van der Waals surface area contributed by atoms with Crippen LogP contribution in [0.15, 0.2) is 0 Å². The molecule has 0 radical (unpaired) electrons. The van der Waals surface area contributed by atoms with Crippen LogP contribution in [0.1, 0.15) is 0 Å². The van der Waals surface area contributed by atoms with Crippen LogP contribution >= 0.6 is 0 Å². The summed E-state index contributed by atoms with van der Waals surface area (Å²) in [5.41, 5.74) is 0. The molecule has 0 atom stereocenters. The first-order chi connectivity index (χ1) is 7.37. The molecule has 0 aromatic heterocycles. The fourth-order valence-corrected chi connectivity index (χ4v) is 3.21. The van der Waals surface area contributed by atoms with Gasteiger partial charge in [0.25, 0.3) is 10.1 Å². The second kappa shape index (κ2) is 5.71. The lowest BCUT2D eigenvalue weighted by molar-refractivity contribution is 0.398.